The highest BCUT2D eigenvalue weighted by Crippen LogP contribution is 1.96. The van der Waals surface area contributed by atoms with Crippen LogP contribution in [-0.4, -0.2) is 69.9 Å². The summed E-state index contributed by atoms with van der Waals surface area (Å²) >= 11 is 3.95. The van der Waals surface area contributed by atoms with Crippen molar-refractivity contribution in [3.05, 3.63) is 0 Å². The molecule has 0 spiro atoms. The maximum atomic E-state index is 12.1. The third-order valence-electron chi connectivity index (χ3n) is 3.12. The van der Waals surface area contributed by atoms with E-state index in [1.165, 1.54) is 20.8 Å². The summed E-state index contributed by atoms with van der Waals surface area (Å²) in [5.74, 6) is -3.40. The molecule has 138 valence electrons. The van der Waals surface area contributed by atoms with Crippen LogP contribution in [0.25, 0.3) is 0 Å². The molecule has 0 bridgehead atoms. The lowest BCUT2D eigenvalue weighted by Gasteiger charge is -2.22. The Morgan fingerprint density at radius 2 is 1.46 bits per heavy atom. The maximum absolute atomic E-state index is 12.1. The third kappa shape index (κ3) is 7.15. The molecule has 0 heterocycles. The molecular formula is C13H24N4O6S. The lowest BCUT2D eigenvalue weighted by molar-refractivity contribution is -0.141. The van der Waals surface area contributed by atoms with Gasteiger partial charge in [0.1, 0.15) is 24.2 Å². The maximum Gasteiger partial charge on any atom is 0.325 e. The topological polar surface area (TPSA) is 171 Å². The van der Waals surface area contributed by atoms with Gasteiger partial charge in [-0.1, -0.05) is 0 Å². The first kappa shape index (κ1) is 22.1. The number of nitrogens with two attached hydrogens (primary N) is 1. The van der Waals surface area contributed by atoms with Gasteiger partial charge in [-0.05, 0) is 20.8 Å². The van der Waals surface area contributed by atoms with Crippen molar-refractivity contribution in [2.24, 2.45) is 5.73 Å². The van der Waals surface area contributed by atoms with Crippen LogP contribution in [0, 0.1) is 0 Å². The van der Waals surface area contributed by atoms with Crippen LogP contribution in [0.4, 0.5) is 0 Å². The molecule has 5 unspecified atom stereocenters. The van der Waals surface area contributed by atoms with E-state index >= 15 is 0 Å². The Hall–Kier alpha value is -1.85. The van der Waals surface area contributed by atoms with Gasteiger partial charge in [0.25, 0.3) is 0 Å². The summed E-state index contributed by atoms with van der Waals surface area (Å²) in [6.45, 7) is 3.97. The smallest absolute Gasteiger partial charge is 0.325 e. The van der Waals surface area contributed by atoms with Gasteiger partial charge in [-0.3, -0.25) is 19.2 Å². The molecule has 0 aliphatic rings. The zero-order valence-electron chi connectivity index (χ0n) is 13.6. The van der Waals surface area contributed by atoms with Crippen LogP contribution >= 0.6 is 12.6 Å². The second-order valence-corrected chi connectivity index (χ2v) is 5.67. The van der Waals surface area contributed by atoms with Gasteiger partial charge < -0.3 is 31.9 Å². The van der Waals surface area contributed by atoms with Gasteiger partial charge in [0.15, 0.2) is 0 Å². The van der Waals surface area contributed by atoms with Gasteiger partial charge in [0.05, 0.1) is 6.10 Å². The molecule has 0 saturated heterocycles. The molecule has 0 aliphatic carbocycles. The average Bonchev–Trinajstić information content (AvgIpc) is 2.50. The molecule has 0 aliphatic heterocycles. The number of hydrogen-bond donors (Lipinski definition) is 7. The number of nitrogens with one attached hydrogen (secondary N) is 3. The number of aliphatic hydroxyl groups is 1. The quantitative estimate of drug-likeness (QED) is 0.217. The lowest BCUT2D eigenvalue weighted by Crippen LogP contribution is -2.57. The minimum absolute atomic E-state index is 0.0655. The van der Waals surface area contributed by atoms with Gasteiger partial charge in [-0.15, -0.1) is 0 Å². The van der Waals surface area contributed by atoms with Crippen molar-refractivity contribution in [3.8, 4) is 0 Å². The Kier molecular flexibility index (Phi) is 9.33. The van der Waals surface area contributed by atoms with Crippen LogP contribution in [0.3, 0.4) is 0 Å². The molecule has 0 aromatic rings. The highest BCUT2D eigenvalue weighted by atomic mass is 32.1. The van der Waals surface area contributed by atoms with Crippen molar-refractivity contribution in [1.82, 2.24) is 16.0 Å². The van der Waals surface area contributed by atoms with E-state index in [2.05, 4.69) is 28.6 Å². The van der Waals surface area contributed by atoms with E-state index in [9.17, 15) is 24.3 Å². The molecule has 7 N–H and O–H groups in total. The number of carboxylic acids is 1. The minimum atomic E-state index is -1.21. The summed E-state index contributed by atoms with van der Waals surface area (Å²) in [7, 11) is 0. The Balaban J connectivity index is 4.67. The molecule has 0 aromatic carbocycles. The van der Waals surface area contributed by atoms with Gasteiger partial charge in [-0.25, -0.2) is 0 Å². The van der Waals surface area contributed by atoms with Crippen molar-refractivity contribution < 1.29 is 29.4 Å². The molecule has 5 atom stereocenters. The second-order valence-electron chi connectivity index (χ2n) is 5.31. The van der Waals surface area contributed by atoms with Gasteiger partial charge in [0.2, 0.25) is 17.7 Å². The number of amides is 3. The number of thiol groups is 1. The Morgan fingerprint density at radius 3 is 1.88 bits per heavy atom. The van der Waals surface area contributed by atoms with Crippen molar-refractivity contribution in [2.75, 3.05) is 5.75 Å². The standard InChI is InChI=1S/C13H24N4O6S/c1-5(10(19)16-6(2)13(22)23)15-11(20)8(4-24)17-12(21)9(14)7(3)18/h5-9,18,24H,4,14H2,1-3H3,(H,15,20)(H,16,19)(H,17,21)(H,22,23). The second kappa shape index (κ2) is 10.1. The first-order valence-corrected chi connectivity index (χ1v) is 7.82. The number of carbonyl (C=O) groups excluding carboxylic acids is 3. The van der Waals surface area contributed by atoms with E-state index < -0.39 is 54.0 Å². The number of carboxylic acid groups (broad SMARTS) is 1. The molecule has 11 heteroatoms. The predicted octanol–water partition coefficient (Wildman–Crippen LogP) is -2.80. The zero-order chi connectivity index (χ0) is 19.0. The van der Waals surface area contributed by atoms with Crippen LogP contribution in [0.5, 0.6) is 0 Å². The molecule has 24 heavy (non-hydrogen) atoms. The molecule has 0 rings (SSSR count). The summed E-state index contributed by atoms with van der Waals surface area (Å²) in [6, 6.07) is -4.42. The largest absolute Gasteiger partial charge is 0.480 e. The fourth-order valence-electron chi connectivity index (χ4n) is 1.46. The van der Waals surface area contributed by atoms with Gasteiger partial charge in [0, 0.05) is 5.75 Å². The average molecular weight is 364 g/mol. The van der Waals surface area contributed by atoms with Crippen molar-refractivity contribution in [3.63, 3.8) is 0 Å². The molecule has 0 fully saturated rings. The summed E-state index contributed by atoms with van der Waals surface area (Å²) in [6.07, 6.45) is -1.10. The van der Waals surface area contributed by atoms with Crippen LogP contribution < -0.4 is 21.7 Å². The summed E-state index contributed by atoms with van der Waals surface area (Å²) < 4.78 is 0. The molecular weight excluding hydrogens is 340 g/mol. The summed E-state index contributed by atoms with van der Waals surface area (Å²) in [4.78, 5) is 46.3. The van der Waals surface area contributed by atoms with Crippen LogP contribution in [0.1, 0.15) is 20.8 Å². The first-order chi connectivity index (χ1) is 11.0. The summed E-state index contributed by atoms with van der Waals surface area (Å²) in [5, 5.41) is 24.8. The molecule has 0 saturated carbocycles. The predicted molar refractivity (Wildman–Crippen MR) is 88.3 cm³/mol. The number of aliphatic hydroxyl groups excluding tert-OH is 1. The number of hydrogen-bond acceptors (Lipinski definition) is 7. The normalized spacial score (nSPS) is 16.9. The van der Waals surface area contributed by atoms with E-state index in [1.54, 1.807) is 0 Å². The highest BCUT2D eigenvalue weighted by Gasteiger charge is 2.27. The Bertz CT molecular complexity index is 487. The third-order valence-corrected chi connectivity index (χ3v) is 3.48. The van der Waals surface area contributed by atoms with E-state index in [0.717, 1.165) is 0 Å². The molecule has 3 amide bonds. The number of rotatable bonds is 9. The van der Waals surface area contributed by atoms with E-state index in [0.29, 0.717) is 0 Å². The number of aliphatic carboxylic acids is 1. The highest BCUT2D eigenvalue weighted by molar-refractivity contribution is 7.80. The van der Waals surface area contributed by atoms with Gasteiger partial charge in [-0.2, -0.15) is 12.6 Å². The molecule has 0 radical (unpaired) electrons. The van der Waals surface area contributed by atoms with E-state index in [4.69, 9.17) is 10.8 Å². The van der Waals surface area contributed by atoms with Crippen molar-refractivity contribution in [2.45, 2.75) is 51.0 Å². The van der Waals surface area contributed by atoms with Crippen LogP contribution in [0.15, 0.2) is 0 Å². The van der Waals surface area contributed by atoms with Crippen LogP contribution in [0.2, 0.25) is 0 Å². The fraction of sp³-hybridized carbons (Fsp3) is 0.692. The Morgan fingerprint density at radius 1 is 0.958 bits per heavy atom. The summed E-state index contributed by atoms with van der Waals surface area (Å²) in [5.41, 5.74) is 5.46. The van der Waals surface area contributed by atoms with Crippen LogP contribution in [-0.2, 0) is 19.2 Å². The Labute approximate surface area is 144 Å². The van der Waals surface area contributed by atoms with E-state index in [1.807, 2.05) is 0 Å². The fourth-order valence-corrected chi connectivity index (χ4v) is 1.72. The SMILES string of the molecule is CC(NC(=O)C(C)NC(=O)C(CS)NC(=O)C(N)C(C)O)C(=O)O. The van der Waals surface area contributed by atoms with Crippen molar-refractivity contribution >= 4 is 36.3 Å². The van der Waals surface area contributed by atoms with Crippen molar-refractivity contribution in [1.29, 1.82) is 0 Å². The molecule has 0 aromatic heterocycles. The first-order valence-electron chi connectivity index (χ1n) is 7.19. The minimum Gasteiger partial charge on any atom is -0.480 e. The lowest BCUT2D eigenvalue weighted by atomic mass is 10.1. The van der Waals surface area contributed by atoms with Gasteiger partial charge >= 0.3 is 5.97 Å². The molecule has 10 nitrogen and oxygen atoms in total. The monoisotopic (exact) mass is 364 g/mol. The zero-order valence-corrected chi connectivity index (χ0v) is 14.5. The number of carbonyl (C=O) groups is 4. The van der Waals surface area contributed by atoms with E-state index in [-0.39, 0.29) is 5.75 Å².